The van der Waals surface area contributed by atoms with Gasteiger partial charge in [0.15, 0.2) is 11.5 Å². The van der Waals surface area contributed by atoms with E-state index in [1.54, 1.807) is 25.1 Å². The number of nitrogens with zero attached hydrogens (tertiary/aromatic N) is 3. The monoisotopic (exact) mass is 487 g/mol. The van der Waals surface area contributed by atoms with Crippen molar-refractivity contribution in [1.82, 2.24) is 19.7 Å². The normalized spacial score (nSPS) is 18.8. The minimum atomic E-state index is -4.75. The lowest BCUT2D eigenvalue weighted by Crippen LogP contribution is -2.42. The number of ether oxygens (including phenoxy) is 1. The van der Waals surface area contributed by atoms with E-state index in [1.165, 1.54) is 0 Å². The molecule has 2 aromatic heterocycles. The van der Waals surface area contributed by atoms with Crippen molar-refractivity contribution in [3.63, 3.8) is 0 Å². The average Bonchev–Trinajstić information content (AvgIpc) is 3.24. The van der Waals surface area contributed by atoms with Gasteiger partial charge in [0.25, 0.3) is 0 Å². The number of fused-ring (bicyclic) bond motifs is 1. The number of rotatable bonds is 6. The number of anilines is 2. The van der Waals surface area contributed by atoms with E-state index < -0.39 is 39.8 Å². The summed E-state index contributed by atoms with van der Waals surface area (Å²) in [6.45, 7) is 1.70. The van der Waals surface area contributed by atoms with Gasteiger partial charge in [-0.15, -0.1) is 0 Å². The number of aryl methyl sites for hydroxylation is 1. The molecule has 0 saturated heterocycles. The molecule has 1 saturated carbocycles. The Labute approximate surface area is 188 Å². The Bertz CT molecular complexity index is 1250. The Kier molecular flexibility index (Phi) is 6.84. The Morgan fingerprint density at radius 3 is 2.67 bits per heavy atom. The van der Waals surface area contributed by atoms with Crippen LogP contribution in [0.2, 0.25) is 0 Å². The van der Waals surface area contributed by atoms with Crippen LogP contribution in [0.4, 0.5) is 24.8 Å². The molecule has 13 heteroatoms. The van der Waals surface area contributed by atoms with Gasteiger partial charge < -0.3 is 14.5 Å². The zero-order valence-corrected chi connectivity index (χ0v) is 17.9. The van der Waals surface area contributed by atoms with Crippen molar-refractivity contribution in [2.45, 2.75) is 51.9 Å². The molecule has 1 aliphatic carbocycles. The predicted molar refractivity (Wildman–Crippen MR) is 116 cm³/mol. The number of benzene rings is 1. The lowest BCUT2D eigenvalue weighted by molar-refractivity contribution is -0.140. The molecule has 1 fully saturated rings. The van der Waals surface area contributed by atoms with Crippen molar-refractivity contribution in [3.8, 4) is 5.88 Å². The van der Waals surface area contributed by atoms with Crippen LogP contribution in [0.3, 0.4) is 0 Å². The molecule has 33 heavy (non-hydrogen) atoms. The van der Waals surface area contributed by atoms with Crippen LogP contribution in [0.15, 0.2) is 28.8 Å². The third kappa shape index (κ3) is 5.90. The third-order valence-corrected chi connectivity index (χ3v) is 5.62. The lowest BCUT2D eigenvalue weighted by atomic mass is 10.2. The molecule has 0 aliphatic heterocycles. The van der Waals surface area contributed by atoms with E-state index in [4.69, 9.17) is 9.15 Å². The highest BCUT2D eigenvalue weighted by molar-refractivity contribution is 7.88. The fourth-order valence-electron chi connectivity index (χ4n) is 3.58. The smallest absolute Gasteiger partial charge is 0.423 e. The zero-order valence-electron chi connectivity index (χ0n) is 17.1. The number of hydrogen-bond donors (Lipinski definition) is 2. The first-order valence-electron chi connectivity index (χ1n) is 9.70. The number of sulfonamides is 1. The summed E-state index contributed by atoms with van der Waals surface area (Å²) in [4.78, 5) is 11.9. The van der Waals surface area contributed by atoms with Gasteiger partial charge in [0, 0.05) is 24.9 Å². The number of aromatic nitrogens is 3. The molecule has 9 nitrogen and oxygen atoms in total. The maximum Gasteiger partial charge on any atom is 0.423 e. The van der Waals surface area contributed by atoms with E-state index >= 15 is 0 Å². The molecular formula is C20H24F3N5O4S. The summed E-state index contributed by atoms with van der Waals surface area (Å²) < 4.78 is 77.1. The second-order valence-electron chi connectivity index (χ2n) is 7.53. The molecule has 0 unspecified atom stereocenters. The molecule has 0 spiro atoms. The molecule has 0 bridgehead atoms. The summed E-state index contributed by atoms with van der Waals surface area (Å²) in [5.74, 6) is -0.305. The van der Waals surface area contributed by atoms with Gasteiger partial charge in [0.1, 0.15) is 17.2 Å². The Morgan fingerprint density at radius 2 is 1.97 bits per heavy atom. The SMILES string of the molecule is C.Cc1nc2ccc(Nc3ncc(C(F)(F)F)c(O[C@@H]4CCC[C@H]4NS(C)(=O)=O)n3)cc2o1. The minimum absolute atomic E-state index is 0. The maximum absolute atomic E-state index is 13.5. The molecular weight excluding hydrogens is 463 g/mol. The second kappa shape index (κ2) is 9.14. The van der Waals surface area contributed by atoms with Gasteiger partial charge in [-0.2, -0.15) is 18.2 Å². The van der Waals surface area contributed by atoms with Crippen LogP contribution in [-0.4, -0.2) is 41.8 Å². The largest absolute Gasteiger partial charge is 0.472 e. The van der Waals surface area contributed by atoms with Crippen LogP contribution < -0.4 is 14.8 Å². The topological polar surface area (TPSA) is 119 Å². The molecule has 2 N–H and O–H groups in total. The van der Waals surface area contributed by atoms with Gasteiger partial charge >= 0.3 is 6.18 Å². The number of nitrogens with one attached hydrogen (secondary N) is 2. The first-order chi connectivity index (χ1) is 15.0. The molecule has 180 valence electrons. The molecule has 0 amide bonds. The molecule has 1 aliphatic rings. The van der Waals surface area contributed by atoms with Gasteiger partial charge in [-0.25, -0.2) is 23.1 Å². The molecule has 4 rings (SSSR count). The first-order valence-corrected chi connectivity index (χ1v) is 11.6. The Hall–Kier alpha value is -2.93. The zero-order chi connectivity index (χ0) is 23.1. The highest BCUT2D eigenvalue weighted by atomic mass is 32.2. The standard InChI is InChI=1S/C19H20F3N5O4S.CH4/c1-10-24-13-7-6-11(8-16(13)30-10)25-18-23-9-12(19(20,21)22)17(26-18)31-15-5-3-4-14(15)27-32(2,28)29;/h6-9,14-15,27H,3-5H2,1-2H3,(H,23,25,26);1H4/t14-,15-;/m1./s1. The number of oxazole rings is 1. The van der Waals surface area contributed by atoms with Crippen molar-refractivity contribution >= 4 is 32.8 Å². The minimum Gasteiger partial charge on any atom is -0.472 e. The summed E-state index contributed by atoms with van der Waals surface area (Å²) >= 11 is 0. The van der Waals surface area contributed by atoms with E-state index in [9.17, 15) is 21.6 Å². The lowest BCUT2D eigenvalue weighted by Gasteiger charge is -2.23. The van der Waals surface area contributed by atoms with E-state index in [0.717, 1.165) is 6.26 Å². The van der Waals surface area contributed by atoms with Crippen molar-refractivity contribution < 1.29 is 30.7 Å². The molecule has 0 radical (unpaired) electrons. The average molecular weight is 488 g/mol. The Balaban J connectivity index is 0.00000306. The van der Waals surface area contributed by atoms with E-state index in [1.807, 2.05) is 0 Å². The Morgan fingerprint density at radius 1 is 1.21 bits per heavy atom. The fourth-order valence-corrected chi connectivity index (χ4v) is 4.40. The number of halogens is 3. The number of hydrogen-bond acceptors (Lipinski definition) is 8. The third-order valence-electron chi connectivity index (χ3n) is 4.89. The van der Waals surface area contributed by atoms with Crippen LogP contribution in [0.1, 0.15) is 38.1 Å². The highest BCUT2D eigenvalue weighted by Gasteiger charge is 2.39. The van der Waals surface area contributed by atoms with Crippen molar-refractivity contribution in [2.24, 2.45) is 0 Å². The van der Waals surface area contributed by atoms with Crippen LogP contribution >= 0.6 is 0 Å². The quantitative estimate of drug-likeness (QED) is 0.532. The van der Waals surface area contributed by atoms with Gasteiger partial charge in [-0.1, -0.05) is 7.43 Å². The van der Waals surface area contributed by atoms with E-state index in [0.29, 0.717) is 48.1 Å². The van der Waals surface area contributed by atoms with Crippen molar-refractivity contribution in [3.05, 3.63) is 35.9 Å². The van der Waals surface area contributed by atoms with Crippen LogP contribution in [0.5, 0.6) is 5.88 Å². The summed E-state index contributed by atoms with van der Waals surface area (Å²) in [6, 6.07) is 4.33. The molecule has 2 atom stereocenters. The van der Waals surface area contributed by atoms with Crippen molar-refractivity contribution in [1.29, 1.82) is 0 Å². The summed E-state index contributed by atoms with van der Waals surface area (Å²) in [5.41, 5.74) is 0.471. The van der Waals surface area contributed by atoms with Crippen LogP contribution in [0, 0.1) is 6.92 Å². The van der Waals surface area contributed by atoms with Crippen LogP contribution in [-0.2, 0) is 16.2 Å². The van der Waals surface area contributed by atoms with Crippen molar-refractivity contribution in [2.75, 3.05) is 11.6 Å². The summed E-state index contributed by atoms with van der Waals surface area (Å²) in [6.07, 6.45) is -2.47. The highest BCUT2D eigenvalue weighted by Crippen LogP contribution is 2.37. The first kappa shape index (κ1) is 24.7. The second-order valence-corrected chi connectivity index (χ2v) is 9.31. The predicted octanol–water partition coefficient (Wildman–Crippen LogP) is 4.17. The fraction of sp³-hybridized carbons (Fsp3) is 0.450. The summed E-state index contributed by atoms with van der Waals surface area (Å²) in [7, 11) is -3.55. The molecule has 3 aromatic rings. The number of alkyl halides is 3. The maximum atomic E-state index is 13.5. The van der Waals surface area contributed by atoms with Gasteiger partial charge in [-0.05, 0) is 31.4 Å². The van der Waals surface area contributed by atoms with Gasteiger partial charge in [-0.3, -0.25) is 0 Å². The molecule has 1 aromatic carbocycles. The van der Waals surface area contributed by atoms with Gasteiger partial charge in [0.05, 0.1) is 12.3 Å². The molecule has 2 heterocycles. The van der Waals surface area contributed by atoms with E-state index in [-0.39, 0.29) is 13.4 Å². The van der Waals surface area contributed by atoms with Gasteiger partial charge in [0.2, 0.25) is 21.9 Å². The van der Waals surface area contributed by atoms with E-state index in [2.05, 4.69) is 25.0 Å². The van der Waals surface area contributed by atoms with Crippen LogP contribution in [0.25, 0.3) is 11.1 Å². The summed E-state index contributed by atoms with van der Waals surface area (Å²) in [5, 5.41) is 2.83.